The van der Waals surface area contributed by atoms with Gasteiger partial charge in [0.05, 0.1) is 11.3 Å². The van der Waals surface area contributed by atoms with Gasteiger partial charge in [-0.25, -0.2) is 9.97 Å². The van der Waals surface area contributed by atoms with Crippen LogP contribution in [0.1, 0.15) is 43.4 Å². The van der Waals surface area contributed by atoms with Gasteiger partial charge in [0.15, 0.2) is 0 Å². The molecule has 3 rings (SSSR count). The van der Waals surface area contributed by atoms with Crippen LogP contribution in [-0.4, -0.2) is 32.3 Å². The Morgan fingerprint density at radius 1 is 1.31 bits per heavy atom. The molecule has 10 heteroatoms. The molecule has 1 aliphatic heterocycles. The summed E-state index contributed by atoms with van der Waals surface area (Å²) in [6.45, 7) is 6.36. The number of alkyl halides is 3. The summed E-state index contributed by atoms with van der Waals surface area (Å²) < 4.78 is 38.6. The van der Waals surface area contributed by atoms with E-state index >= 15 is 0 Å². The highest BCUT2D eigenvalue weighted by atomic mass is 19.4. The number of nitrogens with one attached hydrogen (secondary N) is 2. The molecule has 7 nitrogen and oxygen atoms in total. The lowest BCUT2D eigenvalue weighted by molar-refractivity contribution is -0.145. The number of hydrogen-bond donors (Lipinski definition) is 2. The first-order valence-corrected chi connectivity index (χ1v) is 9.12. The smallest absolute Gasteiger partial charge is 0.310 e. The molecule has 0 aromatic carbocycles. The minimum atomic E-state index is -4.69. The quantitative estimate of drug-likeness (QED) is 0.814. The zero-order valence-corrected chi connectivity index (χ0v) is 16.4. The van der Waals surface area contributed by atoms with Gasteiger partial charge < -0.3 is 10.3 Å². The number of amides is 1. The van der Waals surface area contributed by atoms with Gasteiger partial charge in [0.2, 0.25) is 11.7 Å². The Morgan fingerprint density at radius 2 is 2.03 bits per heavy atom. The van der Waals surface area contributed by atoms with Crippen LogP contribution in [0.15, 0.2) is 23.1 Å². The highest BCUT2D eigenvalue weighted by Crippen LogP contribution is 2.27. The summed E-state index contributed by atoms with van der Waals surface area (Å²) in [5.41, 5.74) is -0.212. The number of carbonyl (C=O) groups excluding carboxylic acids is 1. The predicted molar refractivity (Wildman–Crippen MR) is 100.0 cm³/mol. The molecule has 0 spiro atoms. The molecule has 2 aromatic heterocycles. The van der Waals surface area contributed by atoms with E-state index in [4.69, 9.17) is 0 Å². The van der Waals surface area contributed by atoms with Gasteiger partial charge in [-0.05, 0) is 6.07 Å². The average molecular weight is 409 g/mol. The maximum absolute atomic E-state index is 12.9. The number of aromatic nitrogens is 3. The lowest BCUT2D eigenvalue weighted by Gasteiger charge is -2.28. The second kappa shape index (κ2) is 7.58. The molecule has 3 heterocycles. The highest BCUT2D eigenvalue weighted by molar-refractivity contribution is 5.94. The van der Waals surface area contributed by atoms with Crippen LogP contribution < -0.4 is 10.9 Å². The summed E-state index contributed by atoms with van der Waals surface area (Å²) >= 11 is 0. The standard InChI is InChI=1S/C19H22F3N5O2/c1-18(2,3)17(29)25-14-11(5-4-7-23-14)9-27-8-6-13-12(10-27)15(28)26-16(24-13)19(20,21)22/h4-5,7H,6,8-10H2,1-3H3,(H,23,25,29)(H,24,26,28). The third kappa shape index (κ3) is 4.81. The van der Waals surface area contributed by atoms with Gasteiger partial charge in [-0.1, -0.05) is 26.8 Å². The average Bonchev–Trinajstić information content (AvgIpc) is 2.62. The summed E-state index contributed by atoms with van der Waals surface area (Å²) in [6.07, 6.45) is -2.89. The van der Waals surface area contributed by atoms with E-state index in [1.165, 1.54) is 0 Å². The van der Waals surface area contributed by atoms with Crippen LogP contribution >= 0.6 is 0 Å². The molecule has 0 radical (unpaired) electrons. The Labute approximate surface area is 165 Å². The van der Waals surface area contributed by atoms with Crippen molar-refractivity contribution < 1.29 is 18.0 Å². The van der Waals surface area contributed by atoms with Crippen molar-refractivity contribution in [1.82, 2.24) is 19.9 Å². The molecule has 156 valence electrons. The SMILES string of the molecule is CC(C)(C)C(=O)Nc1ncccc1CN1CCc2nc(C(F)(F)F)[nH]c(=O)c2C1. The third-order valence-corrected chi connectivity index (χ3v) is 4.61. The van der Waals surface area contributed by atoms with E-state index in [9.17, 15) is 22.8 Å². The molecule has 29 heavy (non-hydrogen) atoms. The van der Waals surface area contributed by atoms with Crippen molar-refractivity contribution in [2.24, 2.45) is 5.41 Å². The molecule has 1 amide bonds. The van der Waals surface area contributed by atoms with Crippen LogP contribution in [0.5, 0.6) is 0 Å². The van der Waals surface area contributed by atoms with Crippen LogP contribution in [0.25, 0.3) is 0 Å². The van der Waals surface area contributed by atoms with Crippen molar-refractivity contribution in [3.63, 3.8) is 0 Å². The first-order valence-electron chi connectivity index (χ1n) is 9.12. The van der Waals surface area contributed by atoms with Gasteiger partial charge >= 0.3 is 6.18 Å². The van der Waals surface area contributed by atoms with Gasteiger partial charge in [0.25, 0.3) is 5.56 Å². The summed E-state index contributed by atoms with van der Waals surface area (Å²) in [4.78, 5) is 36.0. The molecule has 2 N–H and O–H groups in total. The second-order valence-electron chi connectivity index (χ2n) is 8.01. The number of nitrogens with zero attached hydrogens (tertiary/aromatic N) is 3. The number of rotatable bonds is 3. The third-order valence-electron chi connectivity index (χ3n) is 4.61. The molecule has 0 aliphatic carbocycles. The number of H-pyrrole nitrogens is 1. The molecule has 0 saturated heterocycles. The van der Waals surface area contributed by atoms with Gasteiger partial charge in [0, 0.05) is 43.2 Å². The first kappa shape index (κ1) is 21.0. The number of hydrogen-bond acceptors (Lipinski definition) is 5. The Kier molecular flexibility index (Phi) is 5.48. The molecule has 0 unspecified atom stereocenters. The number of pyridine rings is 1. The Hall–Kier alpha value is -2.75. The second-order valence-corrected chi connectivity index (χ2v) is 8.01. The van der Waals surface area contributed by atoms with E-state index in [0.717, 1.165) is 5.56 Å². The van der Waals surface area contributed by atoms with Gasteiger partial charge in [-0.15, -0.1) is 0 Å². The monoisotopic (exact) mass is 409 g/mol. The fraction of sp³-hybridized carbons (Fsp3) is 0.474. The Bertz CT molecular complexity index is 979. The summed E-state index contributed by atoms with van der Waals surface area (Å²) in [5, 5.41) is 2.81. The maximum Gasteiger partial charge on any atom is 0.449 e. The van der Waals surface area contributed by atoms with E-state index in [2.05, 4.69) is 15.3 Å². The fourth-order valence-electron chi connectivity index (χ4n) is 2.96. The van der Waals surface area contributed by atoms with Crippen molar-refractivity contribution in [2.45, 2.75) is 46.5 Å². The lowest BCUT2D eigenvalue weighted by Crippen LogP contribution is -2.37. The van der Waals surface area contributed by atoms with Gasteiger partial charge in [0.1, 0.15) is 5.82 Å². The first-order chi connectivity index (χ1) is 13.4. The summed E-state index contributed by atoms with van der Waals surface area (Å²) in [5.74, 6) is -1.02. The van der Waals surface area contributed by atoms with E-state index in [0.29, 0.717) is 18.9 Å². The molecule has 1 aliphatic rings. The largest absolute Gasteiger partial charge is 0.449 e. The van der Waals surface area contributed by atoms with Crippen molar-refractivity contribution >= 4 is 11.7 Å². The van der Waals surface area contributed by atoms with Gasteiger partial charge in [-0.2, -0.15) is 13.2 Å². The highest BCUT2D eigenvalue weighted by Gasteiger charge is 2.36. The zero-order valence-electron chi connectivity index (χ0n) is 16.4. The number of fused-ring (bicyclic) bond motifs is 1. The number of halogens is 3. The molecule has 0 fully saturated rings. The number of aromatic amines is 1. The molecular formula is C19H22F3N5O2. The minimum Gasteiger partial charge on any atom is -0.310 e. The van der Waals surface area contributed by atoms with Gasteiger partial charge in [-0.3, -0.25) is 14.5 Å². The minimum absolute atomic E-state index is 0.164. The van der Waals surface area contributed by atoms with Crippen molar-refractivity contribution in [3.8, 4) is 0 Å². The number of carbonyl (C=O) groups is 1. The van der Waals surface area contributed by atoms with Crippen molar-refractivity contribution in [3.05, 3.63) is 51.3 Å². The zero-order chi connectivity index (χ0) is 21.4. The molecular weight excluding hydrogens is 387 g/mol. The fourth-order valence-corrected chi connectivity index (χ4v) is 2.96. The molecule has 2 aromatic rings. The summed E-state index contributed by atoms with van der Waals surface area (Å²) in [6, 6.07) is 3.56. The maximum atomic E-state index is 12.9. The normalized spacial score (nSPS) is 15.1. The van der Waals surface area contributed by atoms with Crippen LogP contribution in [0.2, 0.25) is 0 Å². The van der Waals surface area contributed by atoms with E-state index < -0.39 is 23.0 Å². The lowest BCUT2D eigenvalue weighted by atomic mass is 9.95. The van der Waals surface area contributed by atoms with E-state index in [1.54, 1.807) is 33.0 Å². The van der Waals surface area contributed by atoms with Crippen LogP contribution in [0.4, 0.5) is 19.0 Å². The summed E-state index contributed by atoms with van der Waals surface area (Å²) in [7, 11) is 0. The number of anilines is 1. The predicted octanol–water partition coefficient (Wildman–Crippen LogP) is 2.73. The Balaban J connectivity index is 1.79. The molecule has 0 bridgehead atoms. The van der Waals surface area contributed by atoms with Crippen LogP contribution in [0.3, 0.4) is 0 Å². The topological polar surface area (TPSA) is 91.0 Å². The van der Waals surface area contributed by atoms with Crippen LogP contribution in [0, 0.1) is 5.41 Å². The van der Waals surface area contributed by atoms with Crippen molar-refractivity contribution in [1.29, 1.82) is 0 Å². The van der Waals surface area contributed by atoms with Crippen LogP contribution in [-0.2, 0) is 30.5 Å². The van der Waals surface area contributed by atoms with E-state index in [1.807, 2.05) is 16.0 Å². The molecule has 0 saturated carbocycles. The van der Waals surface area contributed by atoms with E-state index in [-0.39, 0.29) is 30.1 Å². The Morgan fingerprint density at radius 3 is 2.69 bits per heavy atom. The van der Waals surface area contributed by atoms with Crippen molar-refractivity contribution in [2.75, 3.05) is 11.9 Å². The molecule has 0 atom stereocenters.